The van der Waals surface area contributed by atoms with E-state index in [0.717, 1.165) is 55.2 Å². The van der Waals surface area contributed by atoms with E-state index in [-0.39, 0.29) is 25.9 Å². The third kappa shape index (κ3) is 10.1. The number of fused-ring (bicyclic) bond motifs is 3. The molecule has 3 heterocycles. The Bertz CT molecular complexity index is 2000. The first-order valence-corrected chi connectivity index (χ1v) is 15.0. The number of halogens is 7. The van der Waals surface area contributed by atoms with Crippen LogP contribution < -0.4 is 0 Å². The van der Waals surface area contributed by atoms with E-state index in [9.17, 15) is 29.6 Å². The van der Waals surface area contributed by atoms with Gasteiger partial charge in [0.15, 0.2) is 0 Å². The van der Waals surface area contributed by atoms with Crippen molar-refractivity contribution >= 4 is 40.4 Å². The smallest absolute Gasteiger partial charge is 0.0894 e. The molecule has 0 aliphatic carbocycles. The van der Waals surface area contributed by atoms with E-state index in [1.165, 1.54) is 12.1 Å². The average Bonchev–Trinajstić information content (AvgIpc) is 2.99. The third-order valence-corrected chi connectivity index (χ3v) is 6.16. The summed E-state index contributed by atoms with van der Waals surface area (Å²) in [5.41, 5.74) is 5.47. The molecule has 0 saturated carbocycles. The van der Waals surface area contributed by atoms with Crippen LogP contribution in [0.2, 0.25) is 0 Å². The van der Waals surface area contributed by atoms with Crippen molar-refractivity contribution in [3.8, 4) is 22.6 Å². The SMILES string of the molecule is F[P-](F)(F)(F)(F)F.Fc1c[c-]c(-c2nccc3ccccc23)cc1.[Ir].c1ccc2nc(-c3ccc4ccccc4n3)ccc2c1. The molecule has 7 rings (SSSR count). The van der Waals surface area contributed by atoms with Crippen molar-refractivity contribution in [3.05, 3.63) is 139 Å². The quantitative estimate of drug-likeness (QED) is 0.0991. The van der Waals surface area contributed by atoms with Crippen LogP contribution in [0.3, 0.4) is 0 Å². The van der Waals surface area contributed by atoms with Crippen LogP contribution in [0.5, 0.6) is 0 Å². The summed E-state index contributed by atoms with van der Waals surface area (Å²) < 4.78 is 72.1. The first kappa shape index (κ1) is 33.6. The second kappa shape index (κ2) is 12.6. The minimum Gasteiger partial charge on any atom is -0.304 e. The van der Waals surface area contributed by atoms with Gasteiger partial charge in [0.05, 0.1) is 22.4 Å². The van der Waals surface area contributed by atoms with Gasteiger partial charge in [-0.05, 0) is 46.8 Å². The van der Waals surface area contributed by atoms with Crippen LogP contribution in [0.4, 0.5) is 29.6 Å². The van der Waals surface area contributed by atoms with Gasteiger partial charge in [-0.25, -0.2) is 9.97 Å². The topological polar surface area (TPSA) is 38.7 Å². The van der Waals surface area contributed by atoms with Gasteiger partial charge >= 0.3 is 33.0 Å². The first-order valence-electron chi connectivity index (χ1n) is 13.0. The summed E-state index contributed by atoms with van der Waals surface area (Å²) in [6.45, 7) is 0. The Labute approximate surface area is 266 Å². The Morgan fingerprint density at radius 1 is 0.533 bits per heavy atom. The zero-order valence-corrected chi connectivity index (χ0v) is 26.2. The number of rotatable bonds is 2. The molecule has 0 spiro atoms. The summed E-state index contributed by atoms with van der Waals surface area (Å²) in [5.74, 6) is -0.283. The molecule has 0 atom stereocenters. The van der Waals surface area contributed by atoms with Crippen LogP contribution in [0.15, 0.2) is 128 Å². The van der Waals surface area contributed by atoms with Crippen LogP contribution >= 0.6 is 7.81 Å². The zero-order chi connectivity index (χ0) is 31.4. The van der Waals surface area contributed by atoms with Crippen molar-refractivity contribution in [2.75, 3.05) is 0 Å². The Hall–Kier alpha value is -4.30. The van der Waals surface area contributed by atoms with Gasteiger partial charge in [-0.1, -0.05) is 72.8 Å². The summed E-state index contributed by atoms with van der Waals surface area (Å²) in [7, 11) is -10.7. The molecular formula is C33H21F7IrN3P-2. The van der Waals surface area contributed by atoms with Crippen molar-refractivity contribution in [1.82, 2.24) is 15.0 Å². The average molecular weight is 816 g/mol. The van der Waals surface area contributed by atoms with Crippen molar-refractivity contribution in [1.29, 1.82) is 0 Å². The molecule has 0 N–H and O–H groups in total. The molecule has 0 saturated heterocycles. The maximum Gasteiger partial charge on any atom is 0.0894 e. The molecule has 3 nitrogen and oxygen atoms in total. The molecular weight excluding hydrogens is 795 g/mol. The Morgan fingerprint density at radius 2 is 1.02 bits per heavy atom. The molecule has 233 valence electrons. The number of para-hydroxylation sites is 2. The van der Waals surface area contributed by atoms with Gasteiger partial charge in [0.2, 0.25) is 0 Å². The van der Waals surface area contributed by atoms with Crippen molar-refractivity contribution in [2.45, 2.75) is 0 Å². The van der Waals surface area contributed by atoms with Crippen LogP contribution in [-0.4, -0.2) is 15.0 Å². The number of pyridine rings is 3. The minimum atomic E-state index is -10.7. The van der Waals surface area contributed by atoms with E-state index >= 15 is 0 Å². The fourth-order valence-corrected chi connectivity index (χ4v) is 4.30. The van der Waals surface area contributed by atoms with Crippen molar-refractivity contribution in [2.24, 2.45) is 0 Å². The summed E-state index contributed by atoms with van der Waals surface area (Å²) in [6.07, 6.45) is 1.76. The summed E-state index contributed by atoms with van der Waals surface area (Å²) >= 11 is 0. The zero-order valence-electron chi connectivity index (χ0n) is 22.9. The van der Waals surface area contributed by atoms with Crippen LogP contribution in [-0.2, 0) is 20.1 Å². The van der Waals surface area contributed by atoms with Crippen LogP contribution in [0.25, 0.3) is 55.2 Å². The van der Waals surface area contributed by atoms with Gasteiger partial charge in [-0.2, -0.15) is 0 Å². The fraction of sp³-hybridized carbons (Fsp3) is 0. The minimum absolute atomic E-state index is 0. The normalized spacial score (nSPS) is 12.5. The van der Waals surface area contributed by atoms with E-state index < -0.39 is 7.81 Å². The van der Waals surface area contributed by atoms with E-state index in [1.54, 1.807) is 12.3 Å². The largest absolute Gasteiger partial charge is 0.304 e. The van der Waals surface area contributed by atoms with Gasteiger partial charge in [0.1, 0.15) is 0 Å². The van der Waals surface area contributed by atoms with E-state index in [2.05, 4.69) is 45.3 Å². The third-order valence-electron chi connectivity index (χ3n) is 6.16. The molecule has 0 aliphatic rings. The number of hydrogen-bond acceptors (Lipinski definition) is 3. The number of hydrogen-bond donors (Lipinski definition) is 0. The number of aromatic nitrogens is 3. The molecule has 0 aliphatic heterocycles. The Morgan fingerprint density at radius 3 is 1.53 bits per heavy atom. The molecule has 0 unspecified atom stereocenters. The molecule has 12 heteroatoms. The number of nitrogens with zero attached hydrogens (tertiary/aromatic N) is 3. The van der Waals surface area contributed by atoms with Gasteiger partial charge in [-0.3, -0.25) is 4.39 Å². The monoisotopic (exact) mass is 816 g/mol. The first-order chi connectivity index (χ1) is 20.7. The summed E-state index contributed by atoms with van der Waals surface area (Å²) in [6, 6.07) is 41.8. The van der Waals surface area contributed by atoms with Gasteiger partial charge in [0.25, 0.3) is 0 Å². The van der Waals surface area contributed by atoms with Crippen molar-refractivity contribution in [3.63, 3.8) is 0 Å². The number of benzene rings is 4. The predicted octanol–water partition coefficient (Wildman–Crippen LogP) is 11.7. The van der Waals surface area contributed by atoms with Crippen LogP contribution in [0.1, 0.15) is 0 Å². The summed E-state index contributed by atoms with van der Waals surface area (Å²) in [5, 5.41) is 4.47. The Kier molecular flexibility index (Phi) is 9.40. The molecule has 45 heavy (non-hydrogen) atoms. The van der Waals surface area contributed by atoms with Gasteiger partial charge < -0.3 is 4.98 Å². The van der Waals surface area contributed by atoms with Gasteiger partial charge in [0, 0.05) is 42.9 Å². The molecule has 4 aromatic carbocycles. The molecule has 1 radical (unpaired) electrons. The van der Waals surface area contributed by atoms with Crippen LogP contribution in [0, 0.1) is 11.9 Å². The summed E-state index contributed by atoms with van der Waals surface area (Å²) in [4.78, 5) is 13.7. The van der Waals surface area contributed by atoms with Gasteiger partial charge in [-0.15, -0.1) is 29.8 Å². The van der Waals surface area contributed by atoms with E-state index in [4.69, 9.17) is 0 Å². The predicted molar refractivity (Wildman–Crippen MR) is 162 cm³/mol. The van der Waals surface area contributed by atoms with E-state index in [0.29, 0.717) is 0 Å². The maximum atomic E-state index is 12.9. The Balaban J connectivity index is 0.000000169. The molecule has 3 aromatic heterocycles. The molecule has 0 fully saturated rings. The second-order valence-electron chi connectivity index (χ2n) is 9.54. The molecule has 0 bridgehead atoms. The molecule has 0 amide bonds. The molecule has 7 aromatic rings. The van der Waals surface area contributed by atoms with Crippen molar-refractivity contribution < 1.29 is 49.7 Å². The second-order valence-corrected chi connectivity index (χ2v) is 11.5. The maximum absolute atomic E-state index is 12.9. The fourth-order valence-electron chi connectivity index (χ4n) is 4.30. The standard InChI is InChI=1S/C18H12N2.C15H9FN.F6P.Ir/c1-3-7-15-13(5-1)9-11-17(19-15)18-12-10-14-6-2-4-8-16(14)20-18;16-13-7-5-12(6-8-13)15-14-4-2-1-3-11(14)9-10-17-15;1-7(2,3,4,5)6;/h1-12H;1-5,7-10H;;/q;2*-1;. The van der Waals surface area contributed by atoms with E-state index in [1.807, 2.05) is 78.9 Å².